The fourth-order valence-corrected chi connectivity index (χ4v) is 4.62. The lowest BCUT2D eigenvalue weighted by molar-refractivity contribution is -0.131. The van der Waals surface area contributed by atoms with E-state index in [1.807, 2.05) is 41.3 Å². The number of amides is 1. The summed E-state index contributed by atoms with van der Waals surface area (Å²) in [6.45, 7) is 6.34. The van der Waals surface area contributed by atoms with E-state index in [0.29, 0.717) is 25.1 Å². The lowest BCUT2D eigenvalue weighted by Crippen LogP contribution is -2.31. The Labute approximate surface area is 202 Å². The Morgan fingerprint density at radius 2 is 1.68 bits per heavy atom. The predicted octanol–water partition coefficient (Wildman–Crippen LogP) is 4.29. The van der Waals surface area contributed by atoms with Crippen molar-refractivity contribution in [3.63, 3.8) is 0 Å². The number of nitrogens with one attached hydrogen (secondary N) is 1. The van der Waals surface area contributed by atoms with Crippen molar-refractivity contribution in [2.24, 2.45) is 0 Å². The van der Waals surface area contributed by atoms with Gasteiger partial charge in [0.05, 0.1) is 13.0 Å². The number of hydrogen-bond acceptors (Lipinski definition) is 4. The number of phenols is 1. The Bertz CT molecular complexity index is 1120. The van der Waals surface area contributed by atoms with E-state index < -0.39 is 0 Å². The van der Waals surface area contributed by atoms with Crippen molar-refractivity contribution in [2.75, 3.05) is 6.54 Å². The van der Waals surface area contributed by atoms with Crippen molar-refractivity contribution in [1.29, 1.82) is 0 Å². The zero-order chi connectivity index (χ0) is 24.1. The molecule has 0 spiro atoms. The van der Waals surface area contributed by atoms with Crippen molar-refractivity contribution < 1.29 is 15.0 Å². The van der Waals surface area contributed by atoms with E-state index in [0.717, 1.165) is 24.1 Å². The monoisotopic (exact) mass is 458 g/mol. The molecule has 1 heterocycles. The van der Waals surface area contributed by atoms with Crippen molar-refractivity contribution in [2.45, 2.75) is 58.3 Å². The van der Waals surface area contributed by atoms with Crippen LogP contribution in [0.1, 0.15) is 53.1 Å². The van der Waals surface area contributed by atoms with Crippen LogP contribution < -0.4 is 5.32 Å². The van der Waals surface area contributed by atoms with Gasteiger partial charge < -0.3 is 20.4 Å². The van der Waals surface area contributed by atoms with E-state index in [1.54, 1.807) is 6.07 Å². The first kappa shape index (κ1) is 24.0. The van der Waals surface area contributed by atoms with Crippen LogP contribution in [-0.4, -0.2) is 33.6 Å². The smallest absolute Gasteiger partial charge is 0.227 e. The minimum atomic E-state index is -0.167. The quantitative estimate of drug-likeness (QED) is 0.447. The van der Waals surface area contributed by atoms with Gasteiger partial charge in [0.1, 0.15) is 5.75 Å². The summed E-state index contributed by atoms with van der Waals surface area (Å²) < 4.78 is 0. The summed E-state index contributed by atoms with van der Waals surface area (Å²) >= 11 is 0. The molecule has 1 aliphatic heterocycles. The number of nitrogens with zero attached hydrogens (tertiary/aromatic N) is 1. The Morgan fingerprint density at radius 1 is 0.971 bits per heavy atom. The second kappa shape index (κ2) is 10.9. The van der Waals surface area contributed by atoms with Crippen LogP contribution >= 0.6 is 0 Å². The van der Waals surface area contributed by atoms with Gasteiger partial charge in [-0.15, -0.1) is 0 Å². The summed E-state index contributed by atoms with van der Waals surface area (Å²) in [5.74, 6) is 0.554. The number of hydrogen-bond donors (Lipinski definition) is 3. The molecule has 4 rings (SSSR count). The van der Waals surface area contributed by atoms with Gasteiger partial charge in [-0.05, 0) is 59.2 Å². The number of aliphatic hydroxyl groups is 1. The highest BCUT2D eigenvalue weighted by atomic mass is 16.3. The van der Waals surface area contributed by atoms with Gasteiger partial charge in [-0.2, -0.15) is 0 Å². The fourth-order valence-electron chi connectivity index (χ4n) is 4.62. The van der Waals surface area contributed by atoms with Gasteiger partial charge in [-0.25, -0.2) is 0 Å². The summed E-state index contributed by atoms with van der Waals surface area (Å²) in [5.41, 5.74) is 6.42. The van der Waals surface area contributed by atoms with Crippen molar-refractivity contribution in [3.8, 4) is 5.75 Å². The zero-order valence-electron chi connectivity index (χ0n) is 20.0. The van der Waals surface area contributed by atoms with Crippen LogP contribution in [-0.2, 0) is 37.3 Å². The minimum Gasteiger partial charge on any atom is -0.508 e. The highest BCUT2D eigenvalue weighted by Crippen LogP contribution is 2.24. The van der Waals surface area contributed by atoms with Crippen LogP contribution in [0.5, 0.6) is 5.75 Å². The first-order valence-corrected chi connectivity index (χ1v) is 12.0. The van der Waals surface area contributed by atoms with E-state index in [-0.39, 0.29) is 30.2 Å². The second-order valence-electron chi connectivity index (χ2n) is 9.48. The van der Waals surface area contributed by atoms with E-state index in [9.17, 15) is 15.0 Å². The summed E-state index contributed by atoms with van der Waals surface area (Å²) in [6, 6.07) is 22.3. The molecule has 34 heavy (non-hydrogen) atoms. The molecule has 178 valence electrons. The van der Waals surface area contributed by atoms with Gasteiger partial charge >= 0.3 is 0 Å². The Kier molecular flexibility index (Phi) is 7.66. The molecular formula is C29H34N2O3. The third kappa shape index (κ3) is 5.85. The Hall–Kier alpha value is -3.15. The number of carbonyl (C=O) groups is 1. The maximum absolute atomic E-state index is 12.9. The topological polar surface area (TPSA) is 72.8 Å². The maximum atomic E-state index is 12.9. The fraction of sp³-hybridized carbons (Fsp3) is 0.345. The summed E-state index contributed by atoms with van der Waals surface area (Å²) in [7, 11) is 0. The van der Waals surface area contributed by atoms with Crippen LogP contribution in [0.25, 0.3) is 0 Å². The van der Waals surface area contributed by atoms with Gasteiger partial charge in [0.2, 0.25) is 5.91 Å². The van der Waals surface area contributed by atoms with E-state index in [2.05, 4.69) is 43.4 Å². The normalized spacial score (nSPS) is 14.6. The van der Waals surface area contributed by atoms with Crippen molar-refractivity contribution >= 4 is 5.91 Å². The summed E-state index contributed by atoms with van der Waals surface area (Å²) in [5, 5.41) is 22.8. The van der Waals surface area contributed by atoms with Crippen LogP contribution in [0, 0.1) is 0 Å². The Balaban J connectivity index is 1.28. The number of benzene rings is 3. The lowest BCUT2D eigenvalue weighted by Gasteiger charge is -2.19. The van der Waals surface area contributed by atoms with Crippen LogP contribution in [0.2, 0.25) is 0 Å². The lowest BCUT2D eigenvalue weighted by atomic mass is 9.97. The molecule has 0 aromatic heterocycles. The molecule has 3 aromatic carbocycles. The number of aliphatic hydroxyl groups excluding tert-OH is 1. The maximum Gasteiger partial charge on any atom is 0.227 e. The molecule has 5 nitrogen and oxygen atoms in total. The number of fused-ring (bicyclic) bond motifs is 1. The first-order valence-electron chi connectivity index (χ1n) is 12.0. The molecule has 2 atom stereocenters. The predicted molar refractivity (Wildman–Crippen MR) is 134 cm³/mol. The van der Waals surface area contributed by atoms with Crippen molar-refractivity contribution in [1.82, 2.24) is 10.2 Å². The first-order chi connectivity index (χ1) is 16.4. The average Bonchev–Trinajstić information content (AvgIpc) is 3.28. The molecular weight excluding hydrogens is 424 g/mol. The van der Waals surface area contributed by atoms with Crippen molar-refractivity contribution in [3.05, 3.63) is 100 Å². The summed E-state index contributed by atoms with van der Waals surface area (Å²) in [4.78, 5) is 14.8. The van der Waals surface area contributed by atoms with E-state index in [4.69, 9.17) is 0 Å². The number of carbonyl (C=O) groups excluding carboxylic acids is 1. The molecule has 0 saturated heterocycles. The largest absolute Gasteiger partial charge is 0.508 e. The molecule has 0 radical (unpaired) electrons. The highest BCUT2D eigenvalue weighted by molar-refractivity contribution is 5.79. The third-order valence-electron chi connectivity index (χ3n) is 6.70. The molecule has 0 aliphatic carbocycles. The molecule has 5 heteroatoms. The molecule has 1 aliphatic rings. The van der Waals surface area contributed by atoms with Gasteiger partial charge in [0.15, 0.2) is 0 Å². The minimum absolute atomic E-state index is 0.132. The highest BCUT2D eigenvalue weighted by Gasteiger charge is 2.22. The molecule has 3 N–H and O–H groups in total. The molecule has 3 aromatic rings. The van der Waals surface area contributed by atoms with Crippen LogP contribution in [0.4, 0.5) is 0 Å². The van der Waals surface area contributed by atoms with Gasteiger partial charge in [0.25, 0.3) is 0 Å². The van der Waals surface area contributed by atoms with Crippen LogP contribution in [0.15, 0.2) is 66.7 Å². The van der Waals surface area contributed by atoms with Gasteiger partial charge in [0, 0.05) is 31.2 Å². The molecule has 1 amide bonds. The SMILES string of the molecule is C[C@H](Cc1cccc(CC(=O)N2Cc3ccccc3C2)c1)NC[C@H](C)c1ccc(O)c(CO)c1. The molecule has 0 bridgehead atoms. The molecule has 0 unspecified atom stereocenters. The van der Waals surface area contributed by atoms with E-state index in [1.165, 1.54) is 16.7 Å². The van der Waals surface area contributed by atoms with E-state index >= 15 is 0 Å². The third-order valence-corrected chi connectivity index (χ3v) is 6.70. The standard InChI is InChI=1S/C29H34N2O3/c1-20(24-10-11-28(33)27(15-24)19-32)16-30-21(2)12-22-6-5-7-23(13-22)14-29(34)31-17-25-8-3-4-9-26(25)18-31/h3-11,13,15,20-21,30,32-33H,12,14,16-19H2,1-2H3/t20-,21+/m0/s1. The van der Waals surface area contributed by atoms with Gasteiger partial charge in [-0.1, -0.05) is 61.5 Å². The molecule has 0 saturated carbocycles. The Morgan fingerprint density at radius 3 is 2.38 bits per heavy atom. The van der Waals surface area contributed by atoms with Gasteiger partial charge in [-0.3, -0.25) is 4.79 Å². The average molecular weight is 459 g/mol. The number of aromatic hydroxyl groups is 1. The van der Waals surface area contributed by atoms with Crippen LogP contribution in [0.3, 0.4) is 0 Å². The summed E-state index contributed by atoms with van der Waals surface area (Å²) in [6.07, 6.45) is 1.30. The molecule has 0 fully saturated rings. The number of rotatable bonds is 9. The second-order valence-corrected chi connectivity index (χ2v) is 9.48. The zero-order valence-corrected chi connectivity index (χ0v) is 20.0.